The van der Waals surface area contributed by atoms with Crippen molar-refractivity contribution in [1.29, 1.82) is 0 Å². The van der Waals surface area contributed by atoms with Gasteiger partial charge in [0.05, 0.1) is 43.9 Å². The maximum absolute atomic E-state index is 13.6. The zero-order valence-corrected chi connectivity index (χ0v) is 23.2. The Kier molecular flexibility index (Phi) is 8.07. The summed E-state index contributed by atoms with van der Waals surface area (Å²) in [4.78, 5) is 26.3. The zero-order valence-electron chi connectivity index (χ0n) is 23.2. The second-order valence-electron chi connectivity index (χ2n) is 11.1. The molecule has 3 aliphatic rings. The molecular weight excluding hydrogens is 504 g/mol. The molecule has 2 aliphatic carbocycles. The Morgan fingerprint density at radius 1 is 0.975 bits per heavy atom. The molecule has 6 rings (SSSR count). The summed E-state index contributed by atoms with van der Waals surface area (Å²) < 4.78 is 14.0. The third-order valence-corrected chi connectivity index (χ3v) is 8.52. The highest BCUT2D eigenvalue weighted by atomic mass is 16.5. The molecule has 210 valence electrons. The van der Waals surface area contributed by atoms with Gasteiger partial charge in [-0.15, -0.1) is 0 Å². The quantitative estimate of drug-likeness (QED) is 0.200. The van der Waals surface area contributed by atoms with Crippen LogP contribution in [0.15, 0.2) is 54.3 Å². The van der Waals surface area contributed by atoms with E-state index in [-0.39, 0.29) is 23.8 Å². The second-order valence-corrected chi connectivity index (χ2v) is 11.1. The molecule has 0 spiro atoms. The van der Waals surface area contributed by atoms with E-state index in [1.54, 1.807) is 13.3 Å². The van der Waals surface area contributed by atoms with Crippen molar-refractivity contribution in [1.82, 2.24) is 24.5 Å². The molecule has 9 heteroatoms. The molecule has 1 aromatic carbocycles. The number of allylic oxidation sites excluding steroid dienone is 2. The number of amides is 1. The Balaban J connectivity index is 1.18. The maximum Gasteiger partial charge on any atom is 0.247 e. The lowest BCUT2D eigenvalue weighted by molar-refractivity contribution is -0.140. The van der Waals surface area contributed by atoms with Gasteiger partial charge in [-0.2, -0.15) is 5.10 Å². The van der Waals surface area contributed by atoms with Gasteiger partial charge < -0.3 is 14.0 Å². The van der Waals surface area contributed by atoms with E-state index in [9.17, 15) is 4.79 Å². The number of aromatic nitrogens is 4. The number of methoxy groups -OCH3 is 1. The topological polar surface area (TPSA) is 94.7 Å². The van der Waals surface area contributed by atoms with Crippen molar-refractivity contribution in [3.8, 4) is 11.5 Å². The summed E-state index contributed by atoms with van der Waals surface area (Å²) in [5.74, 6) is 1.67. The van der Waals surface area contributed by atoms with Crippen molar-refractivity contribution in [2.75, 3.05) is 13.7 Å². The average Bonchev–Trinajstić information content (AvgIpc) is 3.21. The molecule has 0 unspecified atom stereocenters. The third-order valence-electron chi connectivity index (χ3n) is 8.52. The zero-order chi connectivity index (χ0) is 27.3. The Morgan fingerprint density at radius 3 is 2.62 bits per heavy atom. The Hall–Kier alpha value is -3.75. The predicted octanol–water partition coefficient (Wildman–Crippen LogP) is 5.55. The highest BCUT2D eigenvalue weighted by molar-refractivity contribution is 6.07. The molecule has 0 radical (unpaired) electrons. The van der Waals surface area contributed by atoms with E-state index >= 15 is 0 Å². The van der Waals surface area contributed by atoms with Crippen LogP contribution in [-0.2, 0) is 11.3 Å². The van der Waals surface area contributed by atoms with E-state index in [0.717, 1.165) is 61.9 Å². The minimum Gasteiger partial charge on any atom is -0.493 e. The van der Waals surface area contributed by atoms with E-state index in [0.29, 0.717) is 23.8 Å². The molecule has 3 aromatic rings. The SMILES string of the molecule is COc1ccc(C2=NN(C3CCCCCC3)C(=O)[C@@H]3CC=CC[C@H]23)cc1OCCCCn1cnc2ncncc21. The van der Waals surface area contributed by atoms with Crippen LogP contribution in [0, 0.1) is 11.8 Å². The van der Waals surface area contributed by atoms with Gasteiger partial charge in [0.2, 0.25) is 5.91 Å². The fraction of sp³-hybridized carbons (Fsp3) is 0.516. The molecule has 1 amide bonds. The number of benzene rings is 1. The van der Waals surface area contributed by atoms with Crippen LogP contribution in [0.2, 0.25) is 0 Å². The maximum atomic E-state index is 13.6. The second kappa shape index (κ2) is 12.2. The first-order valence-corrected chi connectivity index (χ1v) is 14.7. The molecule has 1 fully saturated rings. The minimum absolute atomic E-state index is 0.0446. The largest absolute Gasteiger partial charge is 0.493 e. The summed E-state index contributed by atoms with van der Waals surface area (Å²) in [7, 11) is 1.67. The van der Waals surface area contributed by atoms with Gasteiger partial charge in [-0.05, 0) is 56.7 Å². The summed E-state index contributed by atoms with van der Waals surface area (Å²) in [6.07, 6.45) is 19.8. The summed E-state index contributed by atoms with van der Waals surface area (Å²) in [6, 6.07) is 6.28. The van der Waals surface area contributed by atoms with Crippen LogP contribution in [0.1, 0.15) is 69.8 Å². The number of ether oxygens (including phenoxy) is 2. The van der Waals surface area contributed by atoms with Gasteiger partial charge in [-0.1, -0.05) is 37.8 Å². The Morgan fingerprint density at radius 2 is 1.80 bits per heavy atom. The first kappa shape index (κ1) is 26.5. The molecule has 9 nitrogen and oxygen atoms in total. The number of rotatable bonds is 9. The highest BCUT2D eigenvalue weighted by Gasteiger charge is 2.42. The van der Waals surface area contributed by atoms with Crippen LogP contribution < -0.4 is 9.47 Å². The van der Waals surface area contributed by atoms with E-state index in [4.69, 9.17) is 14.6 Å². The molecular formula is C31H38N6O3. The summed E-state index contributed by atoms with van der Waals surface area (Å²) in [5, 5.41) is 6.95. The third kappa shape index (κ3) is 5.46. The van der Waals surface area contributed by atoms with Gasteiger partial charge in [0.1, 0.15) is 11.8 Å². The van der Waals surface area contributed by atoms with E-state index < -0.39 is 0 Å². The standard InChI is InChI=1S/C31H38N6O3/c1-39-27-15-14-22(18-28(27)40-17-9-8-16-36-21-34-30-26(36)19-32-20-33-30)29-24-12-6-7-13-25(24)31(38)37(35-29)23-10-4-2-3-5-11-23/h6-7,14-15,18-21,23-25H,2-5,8-13,16-17H2,1H3/t24-,25+/m0/s1. The molecule has 2 atom stereocenters. The monoisotopic (exact) mass is 542 g/mol. The molecule has 0 saturated heterocycles. The van der Waals surface area contributed by atoms with Crippen molar-refractivity contribution >= 4 is 22.8 Å². The van der Waals surface area contributed by atoms with E-state index in [2.05, 4.69) is 43.8 Å². The summed E-state index contributed by atoms with van der Waals surface area (Å²) in [6.45, 7) is 1.39. The fourth-order valence-corrected chi connectivity index (χ4v) is 6.33. The number of carbonyl (C=O) groups excluding carboxylic acids is 1. The Labute approximate surface area is 235 Å². The number of hydrogen-bond acceptors (Lipinski definition) is 7. The van der Waals surface area contributed by atoms with Gasteiger partial charge in [-0.3, -0.25) is 4.79 Å². The number of unbranched alkanes of at least 4 members (excludes halogenated alkanes) is 1. The molecule has 0 N–H and O–H groups in total. The average molecular weight is 543 g/mol. The first-order chi connectivity index (χ1) is 19.7. The molecule has 2 aromatic heterocycles. The molecule has 0 bridgehead atoms. The lowest BCUT2D eigenvalue weighted by Crippen LogP contribution is -2.49. The lowest BCUT2D eigenvalue weighted by atomic mass is 9.76. The smallest absolute Gasteiger partial charge is 0.247 e. The molecule has 1 saturated carbocycles. The molecule has 3 heterocycles. The summed E-state index contributed by atoms with van der Waals surface area (Å²) in [5.41, 5.74) is 3.67. The number of nitrogens with zero attached hydrogens (tertiary/aromatic N) is 6. The number of carbonyl (C=O) groups is 1. The van der Waals surface area contributed by atoms with Crippen LogP contribution in [0.3, 0.4) is 0 Å². The first-order valence-electron chi connectivity index (χ1n) is 14.7. The number of hydrazone groups is 1. The van der Waals surface area contributed by atoms with Crippen molar-refractivity contribution in [2.45, 2.75) is 76.8 Å². The number of imidazole rings is 1. The van der Waals surface area contributed by atoms with Gasteiger partial charge in [-0.25, -0.2) is 20.0 Å². The Bertz CT molecular complexity index is 1390. The van der Waals surface area contributed by atoms with Crippen molar-refractivity contribution in [3.05, 3.63) is 54.8 Å². The number of fused-ring (bicyclic) bond motifs is 2. The van der Waals surface area contributed by atoms with Gasteiger partial charge in [0.25, 0.3) is 0 Å². The van der Waals surface area contributed by atoms with Crippen molar-refractivity contribution in [2.24, 2.45) is 16.9 Å². The number of aryl methyl sites for hydroxylation is 1. The number of hydrogen-bond donors (Lipinski definition) is 0. The van der Waals surface area contributed by atoms with Crippen LogP contribution in [0.4, 0.5) is 0 Å². The summed E-state index contributed by atoms with van der Waals surface area (Å²) >= 11 is 0. The predicted molar refractivity (Wildman–Crippen MR) is 153 cm³/mol. The van der Waals surface area contributed by atoms with Crippen LogP contribution in [-0.4, -0.2) is 55.9 Å². The van der Waals surface area contributed by atoms with Gasteiger partial charge in [0, 0.05) is 18.0 Å². The fourth-order valence-electron chi connectivity index (χ4n) is 6.33. The van der Waals surface area contributed by atoms with Crippen LogP contribution in [0.5, 0.6) is 11.5 Å². The van der Waals surface area contributed by atoms with E-state index in [1.165, 1.54) is 32.0 Å². The normalized spacial score (nSPS) is 21.7. The molecule has 1 aliphatic heterocycles. The minimum atomic E-state index is -0.0446. The molecule has 40 heavy (non-hydrogen) atoms. The van der Waals surface area contributed by atoms with Crippen molar-refractivity contribution in [3.63, 3.8) is 0 Å². The van der Waals surface area contributed by atoms with Gasteiger partial charge >= 0.3 is 0 Å². The highest BCUT2D eigenvalue weighted by Crippen LogP contribution is 2.39. The van der Waals surface area contributed by atoms with Crippen LogP contribution in [0.25, 0.3) is 11.2 Å². The van der Waals surface area contributed by atoms with Crippen molar-refractivity contribution < 1.29 is 14.3 Å². The van der Waals surface area contributed by atoms with E-state index in [1.807, 2.05) is 17.4 Å². The lowest BCUT2D eigenvalue weighted by Gasteiger charge is -2.40. The van der Waals surface area contributed by atoms with Gasteiger partial charge in [0.15, 0.2) is 17.1 Å². The van der Waals surface area contributed by atoms with Crippen LogP contribution >= 0.6 is 0 Å².